The lowest BCUT2D eigenvalue weighted by atomic mass is 10.1. The van der Waals surface area contributed by atoms with Gasteiger partial charge in [0.1, 0.15) is 5.82 Å². The van der Waals surface area contributed by atoms with Crippen molar-refractivity contribution in [3.63, 3.8) is 0 Å². The Balaban J connectivity index is 2.02. The molecule has 1 N–H and O–H groups in total. The van der Waals surface area contributed by atoms with Crippen molar-refractivity contribution in [3.8, 4) is 0 Å². The van der Waals surface area contributed by atoms with Crippen LogP contribution >= 0.6 is 15.9 Å². The molecule has 1 amide bonds. The lowest BCUT2D eigenvalue weighted by Crippen LogP contribution is -2.35. The number of hydrogen-bond donors (Lipinski definition) is 1. The van der Waals surface area contributed by atoms with E-state index in [1.807, 2.05) is 6.92 Å². The lowest BCUT2D eigenvalue weighted by Gasteiger charge is -2.11. The summed E-state index contributed by atoms with van der Waals surface area (Å²) in [6, 6.07) is 4.63. The molecule has 1 aromatic rings. The minimum atomic E-state index is -0.334. The van der Waals surface area contributed by atoms with Crippen molar-refractivity contribution in [2.24, 2.45) is 0 Å². The maximum atomic E-state index is 13.4. The van der Waals surface area contributed by atoms with Gasteiger partial charge in [0.2, 0.25) is 5.91 Å². The zero-order valence-electron chi connectivity index (χ0n) is 9.02. The van der Waals surface area contributed by atoms with Crippen LogP contribution in [-0.2, 0) is 11.2 Å². The van der Waals surface area contributed by atoms with Crippen molar-refractivity contribution in [1.82, 2.24) is 5.32 Å². The maximum absolute atomic E-state index is 13.4. The molecule has 0 bridgehead atoms. The van der Waals surface area contributed by atoms with Crippen LogP contribution in [0.25, 0.3) is 0 Å². The summed E-state index contributed by atoms with van der Waals surface area (Å²) in [7, 11) is 0. The molecule has 2 nitrogen and oxygen atoms in total. The van der Waals surface area contributed by atoms with Gasteiger partial charge < -0.3 is 5.32 Å². The molecule has 0 heterocycles. The lowest BCUT2D eigenvalue weighted by molar-refractivity contribution is -0.121. The molecule has 1 aliphatic rings. The van der Waals surface area contributed by atoms with Crippen LogP contribution in [0.1, 0.15) is 25.3 Å². The molecule has 1 aliphatic carbocycles. The second-order valence-electron chi connectivity index (χ2n) is 4.52. The molecule has 0 unspecified atom stereocenters. The summed E-state index contributed by atoms with van der Waals surface area (Å²) in [5.74, 6) is -0.448. The minimum absolute atomic E-state index is 0.0421. The first-order valence-electron chi connectivity index (χ1n) is 5.23. The highest BCUT2D eigenvalue weighted by atomic mass is 79.9. The molecule has 16 heavy (non-hydrogen) atoms. The molecule has 86 valence electrons. The highest BCUT2D eigenvalue weighted by Crippen LogP contribution is 2.34. The van der Waals surface area contributed by atoms with E-state index in [4.69, 9.17) is 0 Å². The van der Waals surface area contributed by atoms with E-state index in [0.717, 1.165) is 17.3 Å². The number of halogens is 2. The summed E-state index contributed by atoms with van der Waals surface area (Å²) in [6.45, 7) is 2.00. The van der Waals surface area contributed by atoms with E-state index in [0.29, 0.717) is 5.56 Å². The third kappa shape index (κ3) is 2.82. The fourth-order valence-corrected chi connectivity index (χ4v) is 1.95. The number of hydrogen-bond acceptors (Lipinski definition) is 1. The third-order valence-corrected chi connectivity index (χ3v) is 3.29. The standard InChI is InChI=1S/C12H13BrFNO/c1-12(4-5-12)15-11(16)7-8-6-9(13)2-3-10(8)14/h2-3,6H,4-5,7H2,1H3,(H,15,16). The molecular formula is C12H13BrFNO. The zero-order valence-corrected chi connectivity index (χ0v) is 10.6. The third-order valence-electron chi connectivity index (χ3n) is 2.80. The van der Waals surface area contributed by atoms with Crippen molar-refractivity contribution < 1.29 is 9.18 Å². The Labute approximate surface area is 102 Å². The van der Waals surface area contributed by atoms with Crippen molar-refractivity contribution in [3.05, 3.63) is 34.1 Å². The van der Waals surface area contributed by atoms with Crippen LogP contribution < -0.4 is 5.32 Å². The molecule has 2 rings (SSSR count). The van der Waals surface area contributed by atoms with Gasteiger partial charge >= 0.3 is 0 Å². The first kappa shape index (κ1) is 11.6. The Kier molecular flexibility index (Phi) is 3.02. The minimum Gasteiger partial charge on any atom is -0.351 e. The van der Waals surface area contributed by atoms with Crippen LogP contribution in [0.5, 0.6) is 0 Å². The first-order valence-corrected chi connectivity index (χ1v) is 6.03. The van der Waals surface area contributed by atoms with Gasteiger partial charge in [0, 0.05) is 10.0 Å². The SMILES string of the molecule is CC1(NC(=O)Cc2cc(Br)ccc2F)CC1. The van der Waals surface area contributed by atoms with Gasteiger partial charge in [0.25, 0.3) is 0 Å². The van der Waals surface area contributed by atoms with E-state index in [1.54, 1.807) is 12.1 Å². The zero-order chi connectivity index (χ0) is 11.8. The van der Waals surface area contributed by atoms with Crippen LogP contribution in [0.2, 0.25) is 0 Å². The Hall–Kier alpha value is -0.900. The van der Waals surface area contributed by atoms with E-state index in [1.165, 1.54) is 6.07 Å². The van der Waals surface area contributed by atoms with E-state index in [9.17, 15) is 9.18 Å². The Morgan fingerprint density at radius 3 is 2.88 bits per heavy atom. The Morgan fingerprint density at radius 1 is 1.56 bits per heavy atom. The molecule has 1 fully saturated rings. The Morgan fingerprint density at radius 2 is 2.25 bits per heavy atom. The van der Waals surface area contributed by atoms with E-state index in [-0.39, 0.29) is 23.7 Å². The monoisotopic (exact) mass is 285 g/mol. The van der Waals surface area contributed by atoms with Crippen LogP contribution in [0.3, 0.4) is 0 Å². The average molecular weight is 286 g/mol. The van der Waals surface area contributed by atoms with Crippen molar-refractivity contribution in [2.75, 3.05) is 0 Å². The smallest absolute Gasteiger partial charge is 0.224 e. The first-order chi connectivity index (χ1) is 7.48. The van der Waals surface area contributed by atoms with E-state index >= 15 is 0 Å². The Bertz CT molecular complexity index is 429. The average Bonchev–Trinajstić information content (AvgIpc) is 2.89. The molecule has 0 aromatic heterocycles. The second-order valence-corrected chi connectivity index (χ2v) is 5.44. The predicted octanol–water partition coefficient (Wildman–Crippen LogP) is 2.80. The molecule has 4 heteroatoms. The summed E-state index contributed by atoms with van der Waals surface area (Å²) >= 11 is 3.26. The molecule has 0 aliphatic heterocycles. The number of benzene rings is 1. The normalized spacial score (nSPS) is 16.9. The fraction of sp³-hybridized carbons (Fsp3) is 0.417. The summed E-state index contributed by atoms with van der Waals surface area (Å²) in [4.78, 5) is 11.6. The summed E-state index contributed by atoms with van der Waals surface area (Å²) in [6.07, 6.45) is 2.13. The van der Waals surface area contributed by atoms with Gasteiger partial charge in [-0.05, 0) is 43.5 Å². The van der Waals surface area contributed by atoms with Gasteiger partial charge in [-0.1, -0.05) is 15.9 Å². The van der Waals surface area contributed by atoms with Gasteiger partial charge in [0.15, 0.2) is 0 Å². The molecule has 1 saturated carbocycles. The van der Waals surface area contributed by atoms with Crippen LogP contribution in [-0.4, -0.2) is 11.4 Å². The summed E-state index contributed by atoms with van der Waals surface area (Å²) in [5.41, 5.74) is 0.385. The topological polar surface area (TPSA) is 29.1 Å². The molecule has 0 saturated heterocycles. The maximum Gasteiger partial charge on any atom is 0.224 e. The molecule has 0 spiro atoms. The second kappa shape index (κ2) is 4.17. The van der Waals surface area contributed by atoms with Gasteiger partial charge in [-0.15, -0.1) is 0 Å². The summed E-state index contributed by atoms with van der Waals surface area (Å²) in [5, 5.41) is 2.90. The van der Waals surface area contributed by atoms with Crippen LogP contribution in [0.4, 0.5) is 4.39 Å². The van der Waals surface area contributed by atoms with Gasteiger partial charge in [0.05, 0.1) is 6.42 Å². The van der Waals surface area contributed by atoms with Crippen molar-refractivity contribution in [1.29, 1.82) is 0 Å². The van der Waals surface area contributed by atoms with Crippen molar-refractivity contribution in [2.45, 2.75) is 31.7 Å². The molecule has 1 aromatic carbocycles. The van der Waals surface area contributed by atoms with Gasteiger partial charge in [-0.2, -0.15) is 0 Å². The number of carbonyl (C=O) groups is 1. The van der Waals surface area contributed by atoms with E-state index in [2.05, 4.69) is 21.2 Å². The number of rotatable bonds is 3. The summed E-state index contributed by atoms with van der Waals surface area (Å²) < 4.78 is 14.2. The number of nitrogens with one attached hydrogen (secondary N) is 1. The fourth-order valence-electron chi connectivity index (χ4n) is 1.55. The van der Waals surface area contributed by atoms with E-state index < -0.39 is 0 Å². The van der Waals surface area contributed by atoms with Gasteiger partial charge in [-0.3, -0.25) is 4.79 Å². The molecule has 0 atom stereocenters. The number of amides is 1. The molecule has 0 radical (unpaired) electrons. The quantitative estimate of drug-likeness (QED) is 0.909. The van der Waals surface area contributed by atoms with Gasteiger partial charge in [-0.25, -0.2) is 4.39 Å². The largest absolute Gasteiger partial charge is 0.351 e. The van der Waals surface area contributed by atoms with Crippen molar-refractivity contribution >= 4 is 21.8 Å². The molecular weight excluding hydrogens is 273 g/mol. The van der Waals surface area contributed by atoms with Crippen LogP contribution in [0.15, 0.2) is 22.7 Å². The number of carbonyl (C=O) groups excluding carboxylic acids is 1. The van der Waals surface area contributed by atoms with Crippen LogP contribution in [0, 0.1) is 5.82 Å². The predicted molar refractivity (Wildman–Crippen MR) is 63.6 cm³/mol. The highest BCUT2D eigenvalue weighted by Gasteiger charge is 2.38. The highest BCUT2D eigenvalue weighted by molar-refractivity contribution is 9.10.